The fraction of sp³-hybridized carbons (Fsp3) is 0.558. The van der Waals surface area contributed by atoms with Gasteiger partial charge in [-0.05, 0) is 127 Å². The van der Waals surface area contributed by atoms with E-state index in [0.29, 0.717) is 56.2 Å². The number of hydrogen-bond donors (Lipinski definition) is 16. The Bertz CT molecular complexity index is 2330. The zero-order valence-corrected chi connectivity index (χ0v) is 44.7. The van der Waals surface area contributed by atoms with Gasteiger partial charge < -0.3 is 85.9 Å². The van der Waals surface area contributed by atoms with Crippen molar-refractivity contribution in [1.82, 2.24) is 42.5 Å². The van der Waals surface area contributed by atoms with E-state index >= 15 is 0 Å². The minimum atomic E-state index is -1.64. The van der Waals surface area contributed by atoms with Gasteiger partial charge in [-0.1, -0.05) is 42.5 Å². The number of rotatable bonds is 39. The van der Waals surface area contributed by atoms with Gasteiger partial charge in [-0.3, -0.25) is 47.9 Å². The second-order valence-corrected chi connectivity index (χ2v) is 19.1. The van der Waals surface area contributed by atoms with Gasteiger partial charge in [0.15, 0.2) is 0 Å². The van der Waals surface area contributed by atoms with Crippen molar-refractivity contribution in [2.45, 2.75) is 165 Å². The summed E-state index contributed by atoms with van der Waals surface area (Å²) in [6.07, 6.45) is 0.493. The van der Waals surface area contributed by atoms with Crippen molar-refractivity contribution in [3.05, 3.63) is 65.7 Å². The first-order valence-corrected chi connectivity index (χ1v) is 26.3. The summed E-state index contributed by atoms with van der Waals surface area (Å²) in [6.45, 7) is 3.38. The molecular weight excluding hydrogens is 1030 g/mol. The molecule has 8 amide bonds. The average Bonchev–Trinajstić information content (AvgIpc) is 3.40. The molecule has 0 heterocycles. The number of carbonyl (C=O) groups is 11. The molecule has 2 aromatic carbocycles. The highest BCUT2D eigenvalue weighted by Gasteiger charge is 2.34. The van der Waals surface area contributed by atoms with Gasteiger partial charge in [0.1, 0.15) is 54.1 Å². The van der Waals surface area contributed by atoms with E-state index in [2.05, 4.69) is 42.5 Å². The number of carbonyl (C=O) groups excluding carboxylic acids is 8. The fourth-order valence-corrected chi connectivity index (χ4v) is 7.80. The van der Waals surface area contributed by atoms with Crippen LogP contribution in [-0.4, -0.2) is 160 Å². The van der Waals surface area contributed by atoms with E-state index in [1.165, 1.54) is 38.1 Å². The van der Waals surface area contributed by atoms with Gasteiger partial charge in [0.2, 0.25) is 47.3 Å². The Morgan fingerprint density at radius 2 is 0.747 bits per heavy atom. The number of nitrogens with two attached hydrogens (primary N) is 4. The summed E-state index contributed by atoms with van der Waals surface area (Å²) >= 11 is 0. The van der Waals surface area contributed by atoms with Crippen LogP contribution in [0.25, 0.3) is 0 Å². The first kappa shape index (κ1) is 67.4. The first-order chi connectivity index (χ1) is 37.5. The topological polar surface area (TPSA) is 469 Å². The largest absolute Gasteiger partial charge is 0.508 e. The van der Waals surface area contributed by atoms with Crippen LogP contribution in [0.1, 0.15) is 108 Å². The van der Waals surface area contributed by atoms with E-state index in [1.807, 2.05) is 0 Å². The number of amides is 8. The molecule has 2 rings (SSSR count). The number of phenols is 1. The van der Waals surface area contributed by atoms with Gasteiger partial charge in [0, 0.05) is 25.7 Å². The molecule has 9 atom stereocenters. The van der Waals surface area contributed by atoms with Gasteiger partial charge in [-0.2, -0.15) is 0 Å². The van der Waals surface area contributed by atoms with Crippen molar-refractivity contribution < 1.29 is 73.2 Å². The molecule has 0 aliphatic heterocycles. The average molecular weight is 1110 g/mol. The number of nitrogens with one attached hydrogen (secondary N) is 8. The number of unbranched alkanes of at least 4 members (excludes halogenated alkanes) is 3. The molecule has 0 unspecified atom stereocenters. The summed E-state index contributed by atoms with van der Waals surface area (Å²) in [5.41, 5.74) is 23.8. The lowest BCUT2D eigenvalue weighted by Gasteiger charge is -2.27. The van der Waals surface area contributed by atoms with Gasteiger partial charge in [-0.25, -0.2) is 4.79 Å². The van der Waals surface area contributed by atoms with E-state index in [9.17, 15) is 68.1 Å². The van der Waals surface area contributed by atoms with Crippen molar-refractivity contribution in [2.75, 3.05) is 19.6 Å². The third-order valence-corrected chi connectivity index (χ3v) is 12.4. The summed E-state index contributed by atoms with van der Waals surface area (Å²) < 4.78 is 0. The van der Waals surface area contributed by atoms with Crippen molar-refractivity contribution in [3.8, 4) is 5.75 Å². The van der Waals surface area contributed by atoms with Crippen molar-refractivity contribution in [3.63, 3.8) is 0 Å². The highest BCUT2D eigenvalue weighted by molar-refractivity contribution is 5.98. The van der Waals surface area contributed by atoms with Crippen molar-refractivity contribution in [1.29, 1.82) is 0 Å². The smallest absolute Gasteiger partial charge is 0.326 e. The van der Waals surface area contributed by atoms with Gasteiger partial charge in [0.05, 0.1) is 6.04 Å². The Balaban J connectivity index is 2.38. The van der Waals surface area contributed by atoms with Crippen molar-refractivity contribution in [2.24, 2.45) is 22.9 Å². The molecule has 0 aromatic heterocycles. The number of aliphatic carboxylic acids is 3. The Labute approximate surface area is 458 Å². The molecule has 0 aliphatic carbocycles. The lowest BCUT2D eigenvalue weighted by atomic mass is 10.0. The van der Waals surface area contributed by atoms with E-state index in [0.717, 1.165) is 0 Å². The number of phenolic OH excluding ortho intramolecular Hbond substituents is 1. The number of carboxylic acid groups (broad SMARTS) is 3. The molecular formula is C52H80N12O15. The van der Waals surface area contributed by atoms with E-state index in [4.69, 9.17) is 28.0 Å². The van der Waals surface area contributed by atoms with E-state index < -0.39 is 139 Å². The van der Waals surface area contributed by atoms with E-state index in [1.54, 1.807) is 30.3 Å². The molecule has 438 valence electrons. The number of hydrogen-bond acceptors (Lipinski definition) is 16. The van der Waals surface area contributed by atoms with Crippen LogP contribution in [-0.2, 0) is 65.6 Å². The van der Waals surface area contributed by atoms with Crippen LogP contribution in [0.5, 0.6) is 5.75 Å². The maximum Gasteiger partial charge on any atom is 0.326 e. The Kier molecular flexibility index (Phi) is 31.0. The Morgan fingerprint density at radius 1 is 0.405 bits per heavy atom. The molecule has 0 saturated carbocycles. The molecule has 0 spiro atoms. The molecule has 27 nitrogen and oxygen atoms in total. The normalized spacial score (nSPS) is 14.4. The summed E-state index contributed by atoms with van der Waals surface area (Å²) in [6, 6.07) is 1.60. The maximum absolute atomic E-state index is 14.3. The predicted molar refractivity (Wildman–Crippen MR) is 287 cm³/mol. The summed E-state index contributed by atoms with van der Waals surface area (Å²) in [4.78, 5) is 145. The molecule has 0 radical (unpaired) electrons. The minimum absolute atomic E-state index is 0.00287. The van der Waals surface area contributed by atoms with Gasteiger partial charge >= 0.3 is 17.9 Å². The van der Waals surface area contributed by atoms with Crippen molar-refractivity contribution >= 4 is 65.2 Å². The molecule has 0 saturated heterocycles. The number of benzene rings is 2. The molecule has 27 heteroatoms. The second-order valence-electron chi connectivity index (χ2n) is 19.1. The standard InChI is InChI=1S/C52H80N12O15/c1-30(57-47(73)36(14-6-9-25-53)60-46(72)35(56)21-23-42(66)67)44(70)59-37(15-7-10-26-54)49(75)64-41(28-32-12-4-3-5-13-32)50(76)61-38(22-24-43(68)69)48(74)58-31(2)45(71)63-40(29-33-17-19-34(65)20-18-33)51(77)62-39(52(78)79)16-8-11-27-55/h3-5,12-13,17-20,30-31,35-41,65H,6-11,14-16,21-29,53-56H2,1-2H3,(H,57,73)(H,58,74)(H,59,70)(H,60,72)(H,61,76)(H,62,77)(H,63,71)(H,64,75)(H,66,67)(H,68,69)(H,78,79)/t30-,31-,35-,36-,37-,38-,39-,40-,41-/m0/s1. The monoisotopic (exact) mass is 1110 g/mol. The highest BCUT2D eigenvalue weighted by atomic mass is 16.4. The van der Waals surface area contributed by atoms with Crippen LogP contribution in [0.15, 0.2) is 54.6 Å². The Morgan fingerprint density at radius 3 is 1.19 bits per heavy atom. The quantitative estimate of drug-likeness (QED) is 0.0311. The molecule has 79 heavy (non-hydrogen) atoms. The minimum Gasteiger partial charge on any atom is -0.508 e. The molecule has 0 fully saturated rings. The van der Waals surface area contributed by atoms with Crippen LogP contribution in [0, 0.1) is 0 Å². The van der Waals surface area contributed by atoms with Gasteiger partial charge in [0.25, 0.3) is 0 Å². The number of aromatic hydroxyl groups is 1. The van der Waals surface area contributed by atoms with Crippen LogP contribution in [0.4, 0.5) is 0 Å². The molecule has 2 aromatic rings. The predicted octanol–water partition coefficient (Wildman–Crippen LogP) is -2.38. The summed E-state index contributed by atoms with van der Waals surface area (Å²) in [5, 5.41) is 58.4. The SMILES string of the molecule is C[C@H](NC(=O)[C@H](CCC(=O)O)NC(=O)[C@H](Cc1ccccc1)NC(=O)[C@H](CCCCN)NC(=O)[C@H](C)NC(=O)[C@H](CCCCN)NC(=O)[C@@H](N)CCC(=O)O)C(=O)N[C@@H](Cc1ccc(O)cc1)C(=O)N[C@@H](CCCCN)C(=O)O. The first-order valence-electron chi connectivity index (χ1n) is 26.3. The summed E-state index contributed by atoms with van der Waals surface area (Å²) in [5.74, 6) is -11.0. The number of carboxylic acids is 3. The lowest BCUT2D eigenvalue weighted by Crippen LogP contribution is -2.60. The van der Waals surface area contributed by atoms with Crippen LogP contribution in [0.3, 0.4) is 0 Å². The van der Waals surface area contributed by atoms with Gasteiger partial charge in [-0.15, -0.1) is 0 Å². The molecule has 0 aliphatic rings. The lowest BCUT2D eigenvalue weighted by molar-refractivity contribution is -0.142. The summed E-state index contributed by atoms with van der Waals surface area (Å²) in [7, 11) is 0. The fourth-order valence-electron chi connectivity index (χ4n) is 7.80. The molecule has 0 bridgehead atoms. The maximum atomic E-state index is 14.3. The van der Waals surface area contributed by atoms with Crippen LogP contribution >= 0.6 is 0 Å². The third kappa shape index (κ3) is 26.4. The highest BCUT2D eigenvalue weighted by Crippen LogP contribution is 2.14. The van der Waals surface area contributed by atoms with Crippen LogP contribution < -0.4 is 65.5 Å². The zero-order valence-electron chi connectivity index (χ0n) is 44.7. The molecule has 20 N–H and O–H groups in total. The van der Waals surface area contributed by atoms with Crippen LogP contribution in [0.2, 0.25) is 0 Å². The van der Waals surface area contributed by atoms with E-state index in [-0.39, 0.29) is 57.4 Å². The zero-order chi connectivity index (χ0) is 59.0. The third-order valence-electron chi connectivity index (χ3n) is 12.4. The Hall–Kier alpha value is -7.75. The second kappa shape index (κ2) is 36.4.